The fourth-order valence-corrected chi connectivity index (χ4v) is 6.65. The van der Waals surface area contributed by atoms with E-state index >= 15 is 0 Å². The first-order valence-corrected chi connectivity index (χ1v) is 17.7. The lowest BCUT2D eigenvalue weighted by atomic mass is 9.69. The molecule has 0 aliphatic heterocycles. The molecular formula is C36H74O. The Morgan fingerprint density at radius 1 is 0.432 bits per heavy atom. The molecule has 0 aliphatic carbocycles. The van der Waals surface area contributed by atoms with Crippen LogP contribution in [-0.2, 0) is 0 Å². The Balaban J connectivity index is 4.54. The van der Waals surface area contributed by atoms with Gasteiger partial charge in [0.05, 0.1) is 0 Å². The number of aliphatic hydroxyl groups excluding tert-OH is 1. The van der Waals surface area contributed by atoms with E-state index in [1.165, 1.54) is 180 Å². The Morgan fingerprint density at radius 3 is 1.11 bits per heavy atom. The number of hydrogen-bond donors (Lipinski definition) is 1. The van der Waals surface area contributed by atoms with E-state index in [0.29, 0.717) is 12.0 Å². The van der Waals surface area contributed by atoms with Crippen molar-refractivity contribution in [1.82, 2.24) is 0 Å². The Labute approximate surface area is 236 Å². The molecule has 0 spiro atoms. The lowest BCUT2D eigenvalue weighted by Gasteiger charge is -2.36. The molecule has 0 radical (unpaired) electrons. The third kappa shape index (κ3) is 24.7. The van der Waals surface area contributed by atoms with Crippen molar-refractivity contribution >= 4 is 0 Å². The molecule has 0 aromatic rings. The Kier molecular flexibility index (Phi) is 28.9. The normalized spacial score (nSPS) is 12.9. The van der Waals surface area contributed by atoms with E-state index < -0.39 is 0 Å². The average molecular weight is 523 g/mol. The van der Waals surface area contributed by atoms with Crippen LogP contribution in [0.3, 0.4) is 0 Å². The Hall–Kier alpha value is -0.0400. The highest BCUT2D eigenvalue weighted by Gasteiger charge is 2.30. The van der Waals surface area contributed by atoms with Crippen molar-refractivity contribution in [3.63, 3.8) is 0 Å². The molecule has 224 valence electrons. The van der Waals surface area contributed by atoms with Crippen LogP contribution in [0.4, 0.5) is 0 Å². The minimum atomic E-state index is 0.387. The minimum Gasteiger partial charge on any atom is -0.396 e. The molecule has 1 N–H and O–H groups in total. The lowest BCUT2D eigenvalue weighted by Crippen LogP contribution is -2.25. The molecule has 0 bridgehead atoms. The summed E-state index contributed by atoms with van der Waals surface area (Å²) in [5.74, 6) is 0.815. The molecule has 0 saturated carbocycles. The summed E-state index contributed by atoms with van der Waals surface area (Å²) < 4.78 is 0. The van der Waals surface area contributed by atoms with Crippen LogP contribution in [0.1, 0.15) is 214 Å². The number of hydrogen-bond acceptors (Lipinski definition) is 1. The summed E-state index contributed by atoms with van der Waals surface area (Å²) in [7, 11) is 0. The molecule has 1 heteroatoms. The summed E-state index contributed by atoms with van der Waals surface area (Å²) >= 11 is 0. The fourth-order valence-electron chi connectivity index (χ4n) is 6.65. The van der Waals surface area contributed by atoms with Crippen molar-refractivity contribution in [3.05, 3.63) is 0 Å². The zero-order valence-corrected chi connectivity index (χ0v) is 26.7. The van der Waals surface area contributed by atoms with Crippen molar-refractivity contribution in [2.45, 2.75) is 214 Å². The number of unbranched alkanes of at least 4 members (excludes halogenated alkanes) is 21. The van der Waals surface area contributed by atoms with Crippen molar-refractivity contribution in [3.8, 4) is 0 Å². The standard InChI is InChI=1S/C36H74O/c1-5-8-11-14-17-20-23-26-29-35(4)34-36(32-33-37,30-27-24-21-18-15-12-9-6-2)31-28-25-22-19-16-13-10-7-3/h35,37H,5-34H2,1-4H3. The zero-order valence-electron chi connectivity index (χ0n) is 26.7. The van der Waals surface area contributed by atoms with E-state index in [4.69, 9.17) is 0 Å². The van der Waals surface area contributed by atoms with Crippen molar-refractivity contribution in [1.29, 1.82) is 0 Å². The highest BCUT2D eigenvalue weighted by molar-refractivity contribution is 4.82. The van der Waals surface area contributed by atoms with Gasteiger partial charge in [0.1, 0.15) is 0 Å². The Morgan fingerprint density at radius 2 is 0.757 bits per heavy atom. The Bertz CT molecular complexity index is 397. The molecule has 37 heavy (non-hydrogen) atoms. The van der Waals surface area contributed by atoms with Gasteiger partial charge >= 0.3 is 0 Å². The second kappa shape index (κ2) is 29.0. The molecular weight excluding hydrogens is 448 g/mol. The van der Waals surface area contributed by atoms with E-state index in [9.17, 15) is 5.11 Å². The zero-order chi connectivity index (χ0) is 27.3. The highest BCUT2D eigenvalue weighted by Crippen LogP contribution is 2.42. The van der Waals surface area contributed by atoms with Gasteiger partial charge in [-0.15, -0.1) is 0 Å². The van der Waals surface area contributed by atoms with Gasteiger partial charge in [-0.1, -0.05) is 188 Å². The second-order valence-corrected chi connectivity index (χ2v) is 13.0. The van der Waals surface area contributed by atoms with Crippen LogP contribution in [-0.4, -0.2) is 11.7 Å². The van der Waals surface area contributed by atoms with E-state index in [2.05, 4.69) is 27.7 Å². The molecule has 0 rings (SSSR count). The van der Waals surface area contributed by atoms with Gasteiger partial charge in [-0.05, 0) is 37.0 Å². The van der Waals surface area contributed by atoms with Crippen LogP contribution in [0, 0.1) is 11.3 Å². The lowest BCUT2D eigenvalue weighted by molar-refractivity contribution is 0.115. The second-order valence-electron chi connectivity index (χ2n) is 13.0. The van der Waals surface area contributed by atoms with Gasteiger partial charge in [0.15, 0.2) is 0 Å². The minimum absolute atomic E-state index is 0.387. The quantitative estimate of drug-likeness (QED) is 0.0897. The SMILES string of the molecule is CCCCCCCCCCC(C)CC(CCO)(CCCCCCCCCC)CCCCCCCCCC. The largest absolute Gasteiger partial charge is 0.396 e. The van der Waals surface area contributed by atoms with Crippen molar-refractivity contribution in [2.75, 3.05) is 6.61 Å². The molecule has 0 heterocycles. The molecule has 0 fully saturated rings. The van der Waals surface area contributed by atoms with Gasteiger partial charge in [-0.2, -0.15) is 0 Å². The highest BCUT2D eigenvalue weighted by atomic mass is 16.3. The van der Waals surface area contributed by atoms with Gasteiger partial charge in [0.25, 0.3) is 0 Å². The number of rotatable bonds is 31. The van der Waals surface area contributed by atoms with Gasteiger partial charge in [-0.25, -0.2) is 0 Å². The van der Waals surface area contributed by atoms with Gasteiger partial charge in [0.2, 0.25) is 0 Å². The van der Waals surface area contributed by atoms with E-state index in [1.54, 1.807) is 0 Å². The fraction of sp³-hybridized carbons (Fsp3) is 1.00. The summed E-state index contributed by atoms with van der Waals surface area (Å²) in [4.78, 5) is 0. The first-order chi connectivity index (χ1) is 18.1. The van der Waals surface area contributed by atoms with Crippen LogP contribution < -0.4 is 0 Å². The maximum Gasteiger partial charge on any atom is 0.0436 e. The van der Waals surface area contributed by atoms with Crippen LogP contribution in [0.15, 0.2) is 0 Å². The summed E-state index contributed by atoms with van der Waals surface area (Å²) in [6.45, 7) is 9.83. The topological polar surface area (TPSA) is 20.2 Å². The smallest absolute Gasteiger partial charge is 0.0436 e. The monoisotopic (exact) mass is 523 g/mol. The summed E-state index contributed by atoms with van der Waals surface area (Å²) in [5.41, 5.74) is 0.402. The van der Waals surface area contributed by atoms with Crippen LogP contribution in [0.25, 0.3) is 0 Å². The molecule has 0 aromatic carbocycles. The summed E-state index contributed by atoms with van der Waals surface area (Å²) in [6.07, 6.45) is 40.4. The molecule has 1 unspecified atom stereocenters. The predicted molar refractivity (Wildman–Crippen MR) is 170 cm³/mol. The van der Waals surface area contributed by atoms with E-state index in [1.807, 2.05) is 0 Å². The van der Waals surface area contributed by atoms with Crippen LogP contribution in [0.5, 0.6) is 0 Å². The first kappa shape index (κ1) is 37.0. The third-order valence-corrected chi connectivity index (χ3v) is 9.10. The third-order valence-electron chi connectivity index (χ3n) is 9.10. The average Bonchev–Trinajstić information content (AvgIpc) is 2.89. The van der Waals surface area contributed by atoms with Crippen LogP contribution in [0.2, 0.25) is 0 Å². The maximum absolute atomic E-state index is 10.1. The predicted octanol–water partition coefficient (Wildman–Crippen LogP) is 13.0. The van der Waals surface area contributed by atoms with Crippen molar-refractivity contribution in [2.24, 2.45) is 11.3 Å². The van der Waals surface area contributed by atoms with Gasteiger partial charge in [0, 0.05) is 6.61 Å². The van der Waals surface area contributed by atoms with E-state index in [0.717, 1.165) is 12.3 Å². The maximum atomic E-state index is 10.1. The summed E-state index contributed by atoms with van der Waals surface area (Å²) in [6, 6.07) is 0. The molecule has 0 amide bonds. The molecule has 0 aromatic heterocycles. The molecule has 0 aliphatic rings. The molecule has 1 nitrogen and oxygen atoms in total. The van der Waals surface area contributed by atoms with E-state index in [-0.39, 0.29) is 0 Å². The molecule has 0 saturated heterocycles. The number of aliphatic hydroxyl groups is 1. The molecule has 1 atom stereocenters. The van der Waals surface area contributed by atoms with Gasteiger partial charge < -0.3 is 5.11 Å². The summed E-state index contributed by atoms with van der Waals surface area (Å²) in [5, 5.41) is 10.1. The van der Waals surface area contributed by atoms with Crippen LogP contribution >= 0.6 is 0 Å². The van der Waals surface area contributed by atoms with Gasteiger partial charge in [-0.3, -0.25) is 0 Å². The van der Waals surface area contributed by atoms with Crippen molar-refractivity contribution < 1.29 is 5.11 Å². The first-order valence-electron chi connectivity index (χ1n) is 17.7.